The highest BCUT2D eigenvalue weighted by Gasteiger charge is 2.29. The fraction of sp³-hybridized carbons (Fsp3) is 0.391. The minimum atomic E-state index is -0.799. The third-order valence-corrected chi connectivity index (χ3v) is 13.7. The van der Waals surface area contributed by atoms with E-state index in [2.05, 4.69) is 46.5 Å². The van der Waals surface area contributed by atoms with Crippen LogP contribution >= 0.6 is 23.2 Å². The molecule has 4 aromatic carbocycles. The van der Waals surface area contributed by atoms with Crippen LogP contribution in [0.15, 0.2) is 104 Å². The number of rotatable bonds is 23. The number of benzene rings is 4. The van der Waals surface area contributed by atoms with E-state index in [0.717, 1.165) is 49.8 Å². The third kappa shape index (κ3) is 17.2. The number of esters is 2. The van der Waals surface area contributed by atoms with Crippen LogP contribution in [0.4, 0.5) is 0 Å². The molecule has 2 atom stereocenters. The Morgan fingerprint density at radius 1 is 0.654 bits per heavy atom. The Morgan fingerprint density at radius 3 is 1.86 bits per heavy atom. The summed E-state index contributed by atoms with van der Waals surface area (Å²) in [6.45, 7) is 21.8. The van der Waals surface area contributed by atoms with E-state index < -0.39 is 28.8 Å². The molecule has 0 saturated carbocycles. The van der Waals surface area contributed by atoms with Gasteiger partial charge in [0.05, 0.1) is 52.5 Å². The zero-order chi connectivity index (χ0) is 58.6. The number of aryl methyl sites for hydroxylation is 1. The third-order valence-electron chi connectivity index (χ3n) is 13.0. The molecule has 7 aromatic rings. The zero-order valence-corrected chi connectivity index (χ0v) is 49.6. The topological polar surface area (TPSA) is 193 Å². The Morgan fingerprint density at radius 2 is 1.25 bits per heavy atom. The SMILES string of the molecule is CC[C@H](CCc1cc(Cl)c(OCc2cccc(-c3cccc4c3cnn4Cc3cc(OCc4cncc(C#N)c4)c(CN[C@@H](COC(C)(C)C)C(=O)OC(C)(C)C)cc3Cl)c2C)cc1OCc1cncc(C#N)c1)C(=O)OC(C)(C)C. The van der Waals surface area contributed by atoms with Gasteiger partial charge in [-0.2, -0.15) is 15.6 Å². The second-order valence-electron chi connectivity index (χ2n) is 22.9. The molecule has 0 radical (unpaired) electrons. The van der Waals surface area contributed by atoms with Crippen molar-refractivity contribution >= 4 is 46.0 Å². The first kappa shape index (κ1) is 61.1. The summed E-state index contributed by atoms with van der Waals surface area (Å²) in [6, 6.07) is 26.4. The molecule has 0 spiro atoms. The fourth-order valence-corrected chi connectivity index (χ4v) is 9.38. The predicted octanol–water partition coefficient (Wildman–Crippen LogP) is 13.6. The first-order valence-corrected chi connectivity index (χ1v) is 27.7. The van der Waals surface area contributed by atoms with Crippen LogP contribution in [0.25, 0.3) is 22.0 Å². The molecule has 7 rings (SSSR count). The number of nitriles is 2. The van der Waals surface area contributed by atoms with Crippen LogP contribution in [0.2, 0.25) is 10.0 Å². The molecule has 0 aliphatic rings. The van der Waals surface area contributed by atoms with Crippen molar-refractivity contribution in [3.63, 3.8) is 0 Å². The van der Waals surface area contributed by atoms with E-state index in [9.17, 15) is 20.1 Å². The van der Waals surface area contributed by atoms with Crippen molar-refractivity contribution in [2.75, 3.05) is 6.61 Å². The first-order valence-electron chi connectivity index (χ1n) is 27.0. The van der Waals surface area contributed by atoms with Gasteiger partial charge in [0, 0.05) is 64.5 Å². The number of hydrogen-bond acceptors (Lipinski definition) is 14. The average Bonchev–Trinajstić information content (AvgIpc) is 3.91. The summed E-state index contributed by atoms with van der Waals surface area (Å²) >= 11 is 14.1. The summed E-state index contributed by atoms with van der Waals surface area (Å²) in [6.07, 6.45) is 9.78. The van der Waals surface area contributed by atoms with E-state index in [4.69, 9.17) is 56.7 Å². The van der Waals surface area contributed by atoms with Crippen molar-refractivity contribution in [2.24, 2.45) is 5.92 Å². The molecule has 81 heavy (non-hydrogen) atoms. The summed E-state index contributed by atoms with van der Waals surface area (Å²) in [5.41, 5.74) is 7.44. The van der Waals surface area contributed by atoms with Gasteiger partial charge >= 0.3 is 11.9 Å². The molecule has 15 nitrogen and oxygen atoms in total. The van der Waals surface area contributed by atoms with Gasteiger partial charge in [-0.25, -0.2) is 0 Å². The second-order valence-corrected chi connectivity index (χ2v) is 23.7. The van der Waals surface area contributed by atoms with Crippen molar-refractivity contribution in [3.05, 3.63) is 164 Å². The Labute approximate surface area is 485 Å². The highest BCUT2D eigenvalue weighted by atomic mass is 35.5. The van der Waals surface area contributed by atoms with Crippen LogP contribution in [0.1, 0.15) is 132 Å². The summed E-state index contributed by atoms with van der Waals surface area (Å²) in [7, 11) is 0. The lowest BCUT2D eigenvalue weighted by molar-refractivity contribution is -0.161. The van der Waals surface area contributed by atoms with Crippen LogP contribution in [0, 0.1) is 35.5 Å². The van der Waals surface area contributed by atoms with Crippen molar-refractivity contribution in [1.29, 1.82) is 10.5 Å². The van der Waals surface area contributed by atoms with Gasteiger partial charge in [-0.1, -0.05) is 60.5 Å². The molecule has 0 aliphatic heterocycles. The molecule has 0 fully saturated rings. The molecule has 1 N–H and O–H groups in total. The highest BCUT2D eigenvalue weighted by molar-refractivity contribution is 6.32. The number of hydrogen-bond donors (Lipinski definition) is 1. The van der Waals surface area contributed by atoms with Gasteiger partial charge in [0.2, 0.25) is 0 Å². The molecule has 3 heterocycles. The van der Waals surface area contributed by atoms with Gasteiger partial charge in [-0.15, -0.1) is 0 Å². The monoisotopic (exact) mass is 1140 g/mol. The van der Waals surface area contributed by atoms with Crippen molar-refractivity contribution in [2.45, 2.75) is 151 Å². The van der Waals surface area contributed by atoms with Crippen molar-refractivity contribution < 1.29 is 38.0 Å². The first-order chi connectivity index (χ1) is 38.4. The number of aromatic nitrogens is 4. The standard InChI is InChI=1S/C64H71Cl2N7O8/c1-12-45(60(74)80-63(6,7)8)19-20-46-23-54(66)59(26-58(46)77-37-44-22-42(28-68)30-70-32-44)78-38-47-15-13-16-50(40(47)2)51-17-14-18-56-52(51)34-72-73(56)35-49-25-57(76-36-43-21-41(27-67)29-69-31-43)48(24-53(49)65)33-71-55(39-79-62(3,4)5)61(75)81-64(9,10)11/h13-18,21-26,29-32,34,45,55,71H,12,19-20,33,35-39H2,1-11H3/t45-,55+/m1/s1. The normalized spacial score (nSPS) is 12.5. The van der Waals surface area contributed by atoms with Gasteiger partial charge in [0.25, 0.3) is 0 Å². The van der Waals surface area contributed by atoms with Gasteiger partial charge in [0.15, 0.2) is 0 Å². The van der Waals surface area contributed by atoms with E-state index in [1.165, 1.54) is 12.4 Å². The molecular weight excluding hydrogens is 1070 g/mol. The number of nitrogens with zero attached hydrogens (tertiary/aromatic N) is 6. The van der Waals surface area contributed by atoms with Gasteiger partial charge in [0.1, 0.15) is 66.5 Å². The lowest BCUT2D eigenvalue weighted by atomic mass is 9.94. The summed E-state index contributed by atoms with van der Waals surface area (Å²) < 4.78 is 38.8. The largest absolute Gasteiger partial charge is 0.489 e. The predicted molar refractivity (Wildman–Crippen MR) is 313 cm³/mol. The number of pyridine rings is 2. The molecule has 0 saturated heterocycles. The second kappa shape index (κ2) is 26.8. The molecular formula is C64H71Cl2N7O8. The summed E-state index contributed by atoms with van der Waals surface area (Å²) in [5, 5.41) is 29.0. The van der Waals surface area contributed by atoms with Crippen LogP contribution in [0.5, 0.6) is 17.2 Å². The molecule has 3 aromatic heterocycles. The number of ether oxygens (including phenoxy) is 6. The average molecular weight is 1140 g/mol. The maximum atomic E-state index is 13.5. The summed E-state index contributed by atoms with van der Waals surface area (Å²) in [4.78, 5) is 35.0. The fourth-order valence-electron chi connectivity index (χ4n) is 8.89. The minimum absolute atomic E-state index is 0.0715. The van der Waals surface area contributed by atoms with Gasteiger partial charge in [-0.05, 0) is 158 Å². The minimum Gasteiger partial charge on any atom is -0.489 e. The van der Waals surface area contributed by atoms with E-state index in [-0.39, 0.29) is 44.9 Å². The Kier molecular flexibility index (Phi) is 20.2. The van der Waals surface area contributed by atoms with E-state index in [0.29, 0.717) is 75.4 Å². The van der Waals surface area contributed by atoms with Crippen molar-refractivity contribution in [3.8, 4) is 40.5 Å². The van der Waals surface area contributed by atoms with E-state index >= 15 is 0 Å². The molecule has 424 valence electrons. The Balaban J connectivity index is 1.14. The lowest BCUT2D eigenvalue weighted by Crippen LogP contribution is -2.45. The molecule has 0 bridgehead atoms. The smallest absolute Gasteiger partial charge is 0.326 e. The van der Waals surface area contributed by atoms with Crippen molar-refractivity contribution in [1.82, 2.24) is 25.1 Å². The van der Waals surface area contributed by atoms with Gasteiger partial charge in [-0.3, -0.25) is 29.6 Å². The van der Waals surface area contributed by atoms with Crippen LogP contribution in [-0.4, -0.2) is 61.1 Å². The number of carbonyl (C=O) groups is 2. The highest BCUT2D eigenvalue weighted by Crippen LogP contribution is 2.38. The number of fused-ring (bicyclic) bond motifs is 1. The number of carbonyl (C=O) groups excluding carboxylic acids is 2. The molecule has 17 heteroatoms. The zero-order valence-electron chi connectivity index (χ0n) is 48.0. The quantitative estimate of drug-likeness (QED) is 0.0595. The number of nitrogens with one attached hydrogen (secondary N) is 1. The van der Waals surface area contributed by atoms with E-state index in [1.807, 2.05) is 123 Å². The molecule has 0 unspecified atom stereocenters. The maximum absolute atomic E-state index is 13.5. The van der Waals surface area contributed by atoms with Crippen LogP contribution in [0.3, 0.4) is 0 Å². The number of halogens is 2. The Hall–Kier alpha value is -7.53. The molecule has 0 aliphatic carbocycles. The summed E-state index contributed by atoms with van der Waals surface area (Å²) in [5.74, 6) is 0.449. The van der Waals surface area contributed by atoms with Crippen LogP contribution in [-0.2, 0) is 63.1 Å². The lowest BCUT2D eigenvalue weighted by Gasteiger charge is -2.27. The molecule has 0 amide bonds. The van der Waals surface area contributed by atoms with Gasteiger partial charge < -0.3 is 28.4 Å². The van der Waals surface area contributed by atoms with Crippen LogP contribution < -0.4 is 19.5 Å². The van der Waals surface area contributed by atoms with E-state index in [1.54, 1.807) is 30.6 Å². The maximum Gasteiger partial charge on any atom is 0.326 e. The Bertz CT molecular complexity index is 3460.